The van der Waals surface area contributed by atoms with Gasteiger partial charge < -0.3 is 14.6 Å². The van der Waals surface area contributed by atoms with Crippen LogP contribution >= 0.6 is 0 Å². The van der Waals surface area contributed by atoms with Crippen LogP contribution in [-0.2, 0) is 13.5 Å². The Morgan fingerprint density at radius 2 is 2.32 bits per heavy atom. The van der Waals surface area contributed by atoms with Gasteiger partial charge >= 0.3 is 0 Å². The number of imidazole rings is 1. The predicted molar refractivity (Wildman–Crippen MR) is 73.1 cm³/mol. The van der Waals surface area contributed by atoms with Crippen molar-refractivity contribution in [2.75, 3.05) is 19.0 Å². The van der Waals surface area contributed by atoms with E-state index in [1.54, 1.807) is 25.4 Å². The SMILES string of the molecule is COc1ccc(C#N)c(NCCc2nccn2C)c1. The molecule has 0 aliphatic rings. The van der Waals surface area contributed by atoms with Gasteiger partial charge in [0.25, 0.3) is 0 Å². The van der Waals surface area contributed by atoms with E-state index >= 15 is 0 Å². The third kappa shape index (κ3) is 3.05. The zero-order chi connectivity index (χ0) is 13.7. The van der Waals surface area contributed by atoms with Crippen LogP contribution in [0, 0.1) is 11.3 Å². The summed E-state index contributed by atoms with van der Waals surface area (Å²) in [6, 6.07) is 7.53. The number of hydrogen-bond acceptors (Lipinski definition) is 4. The van der Waals surface area contributed by atoms with Crippen molar-refractivity contribution in [2.24, 2.45) is 7.05 Å². The number of rotatable bonds is 5. The van der Waals surface area contributed by atoms with Gasteiger partial charge in [0, 0.05) is 38.5 Å². The molecular formula is C14H16N4O. The maximum absolute atomic E-state index is 9.06. The lowest BCUT2D eigenvalue weighted by atomic mass is 10.2. The molecule has 1 N–H and O–H groups in total. The number of ether oxygens (including phenoxy) is 1. The normalized spacial score (nSPS) is 9.95. The first kappa shape index (κ1) is 13.0. The van der Waals surface area contributed by atoms with Crippen molar-refractivity contribution >= 4 is 5.69 Å². The second-order valence-corrected chi connectivity index (χ2v) is 4.15. The summed E-state index contributed by atoms with van der Waals surface area (Å²) in [7, 11) is 3.58. The van der Waals surface area contributed by atoms with Gasteiger partial charge in [0.2, 0.25) is 0 Å². The number of nitrogens with zero attached hydrogens (tertiary/aromatic N) is 3. The average Bonchev–Trinajstić information content (AvgIpc) is 2.84. The van der Waals surface area contributed by atoms with Crippen LogP contribution in [0.1, 0.15) is 11.4 Å². The van der Waals surface area contributed by atoms with Gasteiger partial charge in [-0.3, -0.25) is 0 Å². The molecule has 0 amide bonds. The molecule has 5 nitrogen and oxygen atoms in total. The van der Waals surface area contributed by atoms with E-state index < -0.39 is 0 Å². The van der Waals surface area contributed by atoms with Crippen LogP contribution in [0.5, 0.6) is 5.75 Å². The van der Waals surface area contributed by atoms with Crippen LogP contribution in [0.2, 0.25) is 0 Å². The Hall–Kier alpha value is -2.48. The predicted octanol–water partition coefficient (Wildman–Crippen LogP) is 1.95. The number of aromatic nitrogens is 2. The van der Waals surface area contributed by atoms with Gasteiger partial charge in [-0.25, -0.2) is 4.98 Å². The van der Waals surface area contributed by atoms with E-state index in [-0.39, 0.29) is 0 Å². The van der Waals surface area contributed by atoms with Crippen LogP contribution in [0.15, 0.2) is 30.6 Å². The molecule has 0 spiro atoms. The van der Waals surface area contributed by atoms with E-state index in [1.165, 1.54) is 0 Å². The minimum atomic E-state index is 0.612. The van der Waals surface area contributed by atoms with E-state index in [1.807, 2.05) is 23.9 Å². The number of aryl methyl sites for hydroxylation is 1. The number of methoxy groups -OCH3 is 1. The zero-order valence-corrected chi connectivity index (χ0v) is 11.1. The van der Waals surface area contributed by atoms with Crippen LogP contribution in [0.25, 0.3) is 0 Å². The molecule has 1 aromatic heterocycles. The van der Waals surface area contributed by atoms with Crippen molar-refractivity contribution in [3.63, 3.8) is 0 Å². The number of benzene rings is 1. The summed E-state index contributed by atoms with van der Waals surface area (Å²) in [5, 5.41) is 12.3. The van der Waals surface area contributed by atoms with Crippen molar-refractivity contribution in [3.05, 3.63) is 42.0 Å². The quantitative estimate of drug-likeness (QED) is 0.888. The molecule has 0 saturated heterocycles. The summed E-state index contributed by atoms with van der Waals surface area (Å²) in [6.45, 7) is 0.715. The average molecular weight is 256 g/mol. The molecule has 0 atom stereocenters. The Bertz CT molecular complexity index is 598. The molecule has 1 heterocycles. The summed E-state index contributed by atoms with van der Waals surface area (Å²) < 4.78 is 7.14. The molecular weight excluding hydrogens is 240 g/mol. The minimum Gasteiger partial charge on any atom is -0.497 e. The maximum atomic E-state index is 9.06. The lowest BCUT2D eigenvalue weighted by molar-refractivity contribution is 0.415. The van der Waals surface area contributed by atoms with Gasteiger partial charge in [0.1, 0.15) is 17.6 Å². The second-order valence-electron chi connectivity index (χ2n) is 4.15. The highest BCUT2D eigenvalue weighted by atomic mass is 16.5. The molecule has 0 aliphatic heterocycles. The van der Waals surface area contributed by atoms with Gasteiger partial charge in [-0.05, 0) is 12.1 Å². The lowest BCUT2D eigenvalue weighted by Crippen LogP contribution is -2.09. The molecule has 0 radical (unpaired) electrons. The third-order valence-corrected chi connectivity index (χ3v) is 2.93. The zero-order valence-electron chi connectivity index (χ0n) is 11.1. The highest BCUT2D eigenvalue weighted by Crippen LogP contribution is 2.21. The standard InChI is InChI=1S/C14H16N4O/c1-18-8-7-17-14(18)5-6-16-13-9-12(19-2)4-3-11(13)10-15/h3-4,7-9,16H,5-6H2,1-2H3. The fourth-order valence-electron chi connectivity index (χ4n) is 1.84. The first-order chi connectivity index (χ1) is 9.24. The summed E-state index contributed by atoms with van der Waals surface area (Å²) >= 11 is 0. The Labute approximate surface area is 112 Å². The van der Waals surface area contributed by atoms with Crippen molar-refractivity contribution in [3.8, 4) is 11.8 Å². The maximum Gasteiger partial charge on any atom is 0.121 e. The number of nitriles is 1. The highest BCUT2D eigenvalue weighted by Gasteiger charge is 2.04. The summed E-state index contributed by atoms with van der Waals surface area (Å²) in [6.07, 6.45) is 4.49. The van der Waals surface area contributed by atoms with Crippen LogP contribution in [-0.4, -0.2) is 23.2 Å². The Morgan fingerprint density at radius 1 is 1.47 bits per heavy atom. The molecule has 0 saturated carbocycles. The molecule has 0 fully saturated rings. The van der Waals surface area contributed by atoms with Crippen LogP contribution in [0.4, 0.5) is 5.69 Å². The number of hydrogen-bond donors (Lipinski definition) is 1. The van der Waals surface area contributed by atoms with E-state index in [0.717, 1.165) is 23.7 Å². The Morgan fingerprint density at radius 3 is 2.95 bits per heavy atom. The van der Waals surface area contributed by atoms with E-state index in [9.17, 15) is 0 Å². The molecule has 0 unspecified atom stereocenters. The van der Waals surface area contributed by atoms with Crippen LogP contribution < -0.4 is 10.1 Å². The smallest absolute Gasteiger partial charge is 0.121 e. The number of nitrogens with one attached hydrogen (secondary N) is 1. The minimum absolute atomic E-state index is 0.612. The largest absolute Gasteiger partial charge is 0.497 e. The molecule has 2 rings (SSSR count). The number of anilines is 1. The molecule has 19 heavy (non-hydrogen) atoms. The molecule has 2 aromatic rings. The van der Waals surface area contributed by atoms with Gasteiger partial charge in [-0.15, -0.1) is 0 Å². The first-order valence-electron chi connectivity index (χ1n) is 6.03. The summed E-state index contributed by atoms with van der Waals surface area (Å²) in [5.41, 5.74) is 1.40. The van der Waals surface area contributed by atoms with Crippen molar-refractivity contribution in [1.29, 1.82) is 5.26 Å². The molecule has 5 heteroatoms. The molecule has 98 valence electrons. The fourth-order valence-corrected chi connectivity index (χ4v) is 1.84. The van der Waals surface area contributed by atoms with E-state index in [4.69, 9.17) is 10.00 Å². The van der Waals surface area contributed by atoms with Crippen molar-refractivity contribution in [1.82, 2.24) is 9.55 Å². The summed E-state index contributed by atoms with van der Waals surface area (Å²) in [5.74, 6) is 1.74. The van der Waals surface area contributed by atoms with Gasteiger partial charge in [0.15, 0.2) is 0 Å². The second kappa shape index (κ2) is 5.91. The van der Waals surface area contributed by atoms with E-state index in [0.29, 0.717) is 12.1 Å². The monoisotopic (exact) mass is 256 g/mol. The van der Waals surface area contributed by atoms with Gasteiger partial charge in [-0.2, -0.15) is 5.26 Å². The lowest BCUT2D eigenvalue weighted by Gasteiger charge is -2.10. The van der Waals surface area contributed by atoms with Gasteiger partial charge in [-0.1, -0.05) is 0 Å². The Balaban J connectivity index is 2.03. The fraction of sp³-hybridized carbons (Fsp3) is 0.286. The van der Waals surface area contributed by atoms with Crippen molar-refractivity contribution < 1.29 is 4.74 Å². The molecule has 1 aromatic carbocycles. The Kier molecular flexibility index (Phi) is 4.04. The third-order valence-electron chi connectivity index (χ3n) is 2.93. The topological polar surface area (TPSA) is 62.9 Å². The van der Waals surface area contributed by atoms with Crippen LogP contribution in [0.3, 0.4) is 0 Å². The highest BCUT2D eigenvalue weighted by molar-refractivity contribution is 5.60. The molecule has 0 bridgehead atoms. The molecule has 0 aliphatic carbocycles. The first-order valence-corrected chi connectivity index (χ1v) is 6.03. The van der Waals surface area contributed by atoms with E-state index in [2.05, 4.69) is 16.4 Å². The van der Waals surface area contributed by atoms with Gasteiger partial charge in [0.05, 0.1) is 18.4 Å². The van der Waals surface area contributed by atoms with Crippen molar-refractivity contribution in [2.45, 2.75) is 6.42 Å². The summed E-state index contributed by atoms with van der Waals surface area (Å²) in [4.78, 5) is 4.26.